The van der Waals surface area contributed by atoms with Crippen molar-refractivity contribution in [2.24, 2.45) is 50.7 Å². The number of anilines is 1. The molecule has 4 N–H and O–H groups in total. The van der Waals surface area contributed by atoms with E-state index in [1.54, 1.807) is 0 Å². The summed E-state index contributed by atoms with van der Waals surface area (Å²) in [6.07, 6.45) is 7.08. The number of aryl methyl sites for hydroxylation is 2. The zero-order valence-corrected chi connectivity index (χ0v) is 108. The van der Waals surface area contributed by atoms with Gasteiger partial charge in [-0.05, 0) is 329 Å². The number of ether oxygens (including phenoxy) is 7. The van der Waals surface area contributed by atoms with Crippen molar-refractivity contribution < 1.29 is 33.2 Å². The number of nitrogens with one attached hydrogen (secondary N) is 4. The maximum atomic E-state index is 5.80. The molecule has 2 aromatic rings. The fraction of sp³-hybridized carbons (Fsp3) is 0.906. The van der Waals surface area contributed by atoms with E-state index >= 15 is 0 Å². The Hall–Kier alpha value is -2.56. The van der Waals surface area contributed by atoms with Crippen LogP contribution in [0.5, 0.6) is 0 Å². The Morgan fingerprint density at radius 1 is 0.297 bits per heavy atom. The van der Waals surface area contributed by atoms with Crippen molar-refractivity contribution >= 4 is 5.69 Å². The van der Waals surface area contributed by atoms with Gasteiger partial charge in [-0.15, -0.1) is 0 Å². The molecule has 0 aromatic heterocycles. The van der Waals surface area contributed by atoms with Gasteiger partial charge in [0.2, 0.25) is 0 Å². The van der Waals surface area contributed by atoms with Crippen molar-refractivity contribution in [3.63, 3.8) is 0 Å². The summed E-state index contributed by atoms with van der Waals surface area (Å²) in [5, 5.41) is 14.1. The maximum Gasteiger partial charge on any atom is 0.0600 e. The quantitative estimate of drug-likeness (QED) is 0.0480. The van der Waals surface area contributed by atoms with Gasteiger partial charge in [0, 0.05) is 237 Å². The Morgan fingerprint density at radius 2 is 0.574 bits per heavy atom. The van der Waals surface area contributed by atoms with Crippen molar-refractivity contribution in [2.45, 2.75) is 441 Å². The molecule has 21 heteroatoms. The summed E-state index contributed by atoms with van der Waals surface area (Å²) in [7, 11) is 0. The molecular weight excluding hydrogens is 1830 g/mol. The molecule has 0 radical (unpaired) electrons. The second-order valence-electron chi connectivity index (χ2n) is 59.1. The summed E-state index contributed by atoms with van der Waals surface area (Å²) >= 11 is 0. The zero-order valence-electron chi connectivity index (χ0n) is 108. The van der Waals surface area contributed by atoms with Crippen LogP contribution >= 0.6 is 0 Å². The van der Waals surface area contributed by atoms with Crippen LogP contribution in [0.15, 0.2) is 48.5 Å². The van der Waals surface area contributed by atoms with Crippen molar-refractivity contribution in [3.05, 3.63) is 65.2 Å². The van der Waals surface area contributed by atoms with Gasteiger partial charge in [0.05, 0.1) is 86.5 Å². The van der Waals surface area contributed by atoms with Gasteiger partial charge in [-0.2, -0.15) is 0 Å². The Bertz CT molecular complexity index is 3310. The fourth-order valence-electron chi connectivity index (χ4n) is 17.8. The molecule has 5 saturated heterocycles. The minimum Gasteiger partial charge on any atom is -0.380 e. The molecule has 21 nitrogen and oxygen atoms in total. The third kappa shape index (κ3) is 91.4. The molecule has 7 aliphatic rings. The first-order valence-electron chi connectivity index (χ1n) is 59.4. The highest BCUT2D eigenvalue weighted by Gasteiger charge is 2.42. The van der Waals surface area contributed by atoms with Crippen molar-refractivity contribution in [2.75, 3.05) is 268 Å². The molecule has 148 heavy (non-hydrogen) atoms. The Kier molecular flexibility index (Phi) is 69.2. The lowest BCUT2D eigenvalue weighted by Crippen LogP contribution is -2.50. The molecule has 9 rings (SSSR count). The van der Waals surface area contributed by atoms with Crippen molar-refractivity contribution in [1.29, 1.82) is 0 Å². The van der Waals surface area contributed by atoms with Gasteiger partial charge in [0.15, 0.2) is 0 Å². The van der Waals surface area contributed by atoms with Crippen LogP contribution in [0.3, 0.4) is 0 Å². The highest BCUT2D eigenvalue weighted by atomic mass is 16.5. The predicted molar refractivity (Wildman–Crippen MR) is 649 cm³/mol. The minimum atomic E-state index is -0.0217. The number of likely N-dealkylation sites (N-methyl/N-ethyl adjacent to an activating group) is 1. The highest BCUT2D eigenvalue weighted by molar-refractivity contribution is 5.46. The number of benzene rings is 2. The number of nitrogens with zero attached hydrogens (tertiary/aromatic N) is 10. The molecule has 878 valence electrons. The van der Waals surface area contributed by atoms with E-state index in [0.29, 0.717) is 27.7 Å². The Balaban J connectivity index is 0.00000165. The van der Waals surface area contributed by atoms with Crippen LogP contribution in [0.1, 0.15) is 387 Å². The summed E-state index contributed by atoms with van der Waals surface area (Å²) in [6, 6.07) is 18.3. The molecule has 0 spiro atoms. The van der Waals surface area contributed by atoms with Crippen LogP contribution in [-0.2, 0) is 33.2 Å². The lowest BCUT2D eigenvalue weighted by Gasteiger charge is -2.36. The van der Waals surface area contributed by atoms with E-state index in [2.05, 4.69) is 451 Å². The van der Waals surface area contributed by atoms with Gasteiger partial charge in [-0.3, -0.25) is 44.1 Å². The number of hydrogen-bond acceptors (Lipinski definition) is 21. The highest BCUT2D eigenvalue weighted by Crippen LogP contribution is 2.51. The van der Waals surface area contributed by atoms with Gasteiger partial charge in [-0.25, -0.2) is 0 Å². The first-order valence-corrected chi connectivity index (χ1v) is 59.4. The molecule has 5 aliphatic heterocycles. The van der Waals surface area contributed by atoms with Crippen LogP contribution in [-0.4, -0.2) is 368 Å². The summed E-state index contributed by atoms with van der Waals surface area (Å²) < 4.78 is 40.5. The van der Waals surface area contributed by atoms with E-state index in [4.69, 9.17) is 33.2 Å². The van der Waals surface area contributed by atoms with Crippen LogP contribution in [0, 0.1) is 64.6 Å². The van der Waals surface area contributed by atoms with Crippen LogP contribution in [0.25, 0.3) is 0 Å². The van der Waals surface area contributed by atoms with Gasteiger partial charge in [0.1, 0.15) is 0 Å². The van der Waals surface area contributed by atoms with E-state index in [1.807, 2.05) is 13.8 Å². The monoisotopic (exact) mass is 2090 g/mol. The molecule has 5 heterocycles. The average molecular weight is 2090 g/mol. The van der Waals surface area contributed by atoms with E-state index in [-0.39, 0.29) is 55.6 Å². The summed E-state index contributed by atoms with van der Waals surface area (Å²) in [5.41, 5.74) is 7.86. The van der Waals surface area contributed by atoms with E-state index in [0.717, 1.165) is 200 Å². The van der Waals surface area contributed by atoms with Gasteiger partial charge < -0.3 is 59.3 Å². The second kappa shape index (κ2) is 70.4. The molecule has 2 saturated carbocycles. The van der Waals surface area contributed by atoms with E-state index in [9.17, 15) is 0 Å². The first-order chi connectivity index (χ1) is 67.6. The largest absolute Gasteiger partial charge is 0.380 e. The lowest BCUT2D eigenvalue weighted by atomic mass is 9.85. The van der Waals surface area contributed by atoms with Crippen molar-refractivity contribution in [1.82, 2.24) is 64.9 Å². The molecule has 2 aliphatic carbocycles. The van der Waals surface area contributed by atoms with Crippen LogP contribution in [0.2, 0.25) is 0 Å². The Labute approximate surface area is 922 Å². The number of hydrogen-bond donors (Lipinski definition) is 4. The Morgan fingerprint density at radius 3 is 0.838 bits per heavy atom. The van der Waals surface area contributed by atoms with Gasteiger partial charge >= 0.3 is 0 Å². The second-order valence-corrected chi connectivity index (χ2v) is 59.1. The maximum absolute atomic E-state index is 5.80. The topological polar surface area (TPSA) is 145 Å². The third-order valence-electron chi connectivity index (χ3n) is 25.9. The zero-order chi connectivity index (χ0) is 114. The summed E-state index contributed by atoms with van der Waals surface area (Å²) in [5.74, 6) is 3.85. The van der Waals surface area contributed by atoms with Gasteiger partial charge in [0.25, 0.3) is 0 Å². The predicted octanol–water partition coefficient (Wildman–Crippen LogP) is 25.7. The fourth-order valence-corrected chi connectivity index (χ4v) is 17.8. The van der Waals surface area contributed by atoms with E-state index in [1.165, 1.54) is 146 Å². The normalized spacial score (nSPS) is 19.9. The van der Waals surface area contributed by atoms with Crippen LogP contribution < -0.4 is 21.3 Å². The molecule has 4 unspecified atom stereocenters. The van der Waals surface area contributed by atoms with Crippen LogP contribution in [0.4, 0.5) is 5.69 Å². The standard InChI is InChI=1S/C17H37N3O.C17H36N2O2.C16H35N3O.C16H34N2O2.C13H21N.C13H26O.C13H26.C11H17N.C9H20N2.C2H6/c1-16(2,3)15-18-7-8-19-9-11-20(12-10-19)13-14-21-17(4,5)6;1-16(2,3)15-20-13-11-18-7-9-19(10-8-18)12-14-21-17(4,5)6;1-15(2,3)17-7-8-18-9-11-19(12-10-18)13-14-20-16(4,5)6;1-15(2,3)19-13-11-17-7-9-18(10-8-17)12-14-20-16(4,5)6;1-10-6-8-12(9-7-10)11(2)14-13(3,4)5;1-12(2,3)8-10-7-11(10)9-14-13(4,5)6;1-12(2,3)8-10-7-11(10)9-13(4,5)6;1-9-5-7-10(8-6-9)12-11(2,3)4;1-4-10-5-7-11(8-6-10)9(2)3;1-2/h18H,7-15H2,1-6H3;7-15H2,1-6H3;17H,7-14H2,1-6H3;7-14H2,1-6H3;6-9,11,14H,1-5H3;10-11H,7-9H2,1-6H3;10-11H,7-9H2,1-6H3;5-8,12H,1-4H3;9H,4-8H2,1-3H3;1-2H3/t;;;;11-;;;;;/m....1...../s1. The summed E-state index contributed by atoms with van der Waals surface area (Å²) in [6.45, 7) is 153. The molecule has 5 atom stereocenters. The number of rotatable bonds is 36. The SMILES string of the molecule is CC.CC(C)(C)CC1CC1CC(C)(C)C.CC(C)(C)CC1CC1COC(C)(C)C.CC(C)(C)CNCCN1CCN(CCOC(C)(C)C)CC1.CC(C)(C)COCCN1CCN(CCOC(C)(C)C)CC1.CC(C)(C)NCCN1CCN(CCOC(C)(C)C)CC1.CC(C)(C)OCCN1CCN(CCOC(C)(C)C)CC1.CCN1CCN(C(C)C)CC1.Cc1ccc(NC(C)(C)C)cc1.Cc1ccc([C@@H](C)NC(C)(C)C)cc1. The minimum absolute atomic E-state index is 0.0133. The van der Waals surface area contributed by atoms with Crippen molar-refractivity contribution in [3.8, 4) is 0 Å². The van der Waals surface area contributed by atoms with Gasteiger partial charge in [-0.1, -0.05) is 172 Å². The lowest BCUT2D eigenvalue weighted by molar-refractivity contribution is -0.0280. The third-order valence-corrected chi connectivity index (χ3v) is 25.9. The molecule has 7 fully saturated rings. The molecule has 2 aromatic carbocycles. The summed E-state index contributed by atoms with van der Waals surface area (Å²) in [4.78, 5) is 25.2. The molecule has 0 bridgehead atoms. The smallest absolute Gasteiger partial charge is 0.0600 e. The van der Waals surface area contributed by atoms with E-state index < -0.39 is 0 Å². The first kappa shape index (κ1) is 145. The molecule has 0 amide bonds. The average Bonchev–Trinajstić information content (AvgIpc) is 1.66. The number of piperazine rings is 5. The molecular formula is C127H258N14O7.